The van der Waals surface area contributed by atoms with Crippen LogP contribution in [-0.2, 0) is 13.0 Å². The number of carbonyl (C=O) groups excluding carboxylic acids is 1. The highest BCUT2D eigenvalue weighted by molar-refractivity contribution is 6.17. The summed E-state index contributed by atoms with van der Waals surface area (Å²) in [6, 6.07) is 15.4. The largest absolute Gasteiger partial charge is 0.472 e. The Labute approximate surface area is 158 Å². The van der Waals surface area contributed by atoms with Gasteiger partial charge in [-0.25, -0.2) is 0 Å². The van der Waals surface area contributed by atoms with Crippen molar-refractivity contribution in [2.45, 2.75) is 39.2 Å². The zero-order valence-electron chi connectivity index (χ0n) is 15.5. The first-order valence-corrected chi connectivity index (χ1v) is 9.45. The molecule has 2 aromatic heterocycles. The van der Waals surface area contributed by atoms with E-state index in [4.69, 9.17) is 10.2 Å². The number of amides is 1. The number of aromatic nitrogens is 1. The number of unbranched alkanes of at least 4 members (excludes halogenated alkanes) is 2. The topological polar surface area (TPSA) is 61.2 Å². The lowest BCUT2D eigenvalue weighted by molar-refractivity contribution is 0.100. The van der Waals surface area contributed by atoms with E-state index in [0.29, 0.717) is 12.1 Å². The molecule has 0 atom stereocenters. The number of carbonyl (C=O) groups is 1. The number of primary amides is 1. The molecule has 2 aromatic carbocycles. The molecule has 4 nitrogen and oxygen atoms in total. The Hall–Kier alpha value is -3.01. The van der Waals surface area contributed by atoms with Gasteiger partial charge in [-0.3, -0.25) is 4.79 Å². The van der Waals surface area contributed by atoms with E-state index in [1.165, 1.54) is 24.8 Å². The molecule has 2 N–H and O–H groups in total. The Kier molecular flexibility index (Phi) is 4.71. The van der Waals surface area contributed by atoms with Crippen molar-refractivity contribution in [3.05, 3.63) is 71.7 Å². The maximum atomic E-state index is 12.0. The van der Waals surface area contributed by atoms with Gasteiger partial charge in [0.2, 0.25) is 5.91 Å². The standard InChI is InChI=1S/C23H23N2O2/c1-2-3-4-6-16-9-10-18-21(13-16)25(14-17-11-12-27-15-17)20-8-5-7-19(22(18)20)23(24)26/h5,7-9,11-13,15H,2-4,6,14H2,1H3,(H2,24,26). The third-order valence-electron chi connectivity index (χ3n) is 5.11. The minimum Gasteiger partial charge on any atom is -0.472 e. The molecule has 4 heteroatoms. The minimum atomic E-state index is -0.414. The zero-order chi connectivity index (χ0) is 18.8. The summed E-state index contributed by atoms with van der Waals surface area (Å²) in [4.78, 5) is 12.0. The molecule has 4 aromatic rings. The number of aryl methyl sites for hydroxylation is 1. The average molecular weight is 359 g/mol. The molecule has 137 valence electrons. The van der Waals surface area contributed by atoms with E-state index in [-0.39, 0.29) is 0 Å². The van der Waals surface area contributed by atoms with Crippen LogP contribution < -0.4 is 5.73 Å². The molecule has 0 saturated carbocycles. The van der Waals surface area contributed by atoms with Crippen molar-refractivity contribution >= 4 is 27.7 Å². The van der Waals surface area contributed by atoms with E-state index in [1.807, 2.05) is 18.2 Å². The molecule has 4 rings (SSSR count). The minimum absolute atomic E-state index is 0.414. The van der Waals surface area contributed by atoms with Crippen LogP contribution in [0.15, 0.2) is 53.3 Å². The van der Waals surface area contributed by atoms with Crippen LogP contribution in [-0.4, -0.2) is 10.5 Å². The molecular weight excluding hydrogens is 336 g/mol. The average Bonchev–Trinajstić information content (AvgIpc) is 3.29. The number of benzene rings is 2. The summed E-state index contributed by atoms with van der Waals surface area (Å²) in [6.45, 7) is 2.88. The molecule has 1 radical (unpaired) electrons. The molecule has 2 heterocycles. The number of fused-ring (bicyclic) bond motifs is 3. The number of nitrogens with two attached hydrogens (primary N) is 1. The van der Waals surface area contributed by atoms with E-state index < -0.39 is 5.91 Å². The van der Waals surface area contributed by atoms with Crippen molar-refractivity contribution in [1.29, 1.82) is 0 Å². The van der Waals surface area contributed by atoms with Gasteiger partial charge in [0.15, 0.2) is 0 Å². The SMILES string of the molecule is CCCCCc1c[c]c2c3c(C(N)=O)cccc3n(Cc3ccoc3)c2c1. The van der Waals surface area contributed by atoms with Crippen molar-refractivity contribution in [2.24, 2.45) is 5.73 Å². The van der Waals surface area contributed by atoms with Gasteiger partial charge in [0.25, 0.3) is 0 Å². The van der Waals surface area contributed by atoms with E-state index in [2.05, 4.69) is 29.7 Å². The molecular formula is C23H23N2O2. The molecule has 1 amide bonds. The Morgan fingerprint density at radius 3 is 2.81 bits per heavy atom. The van der Waals surface area contributed by atoms with Crippen LogP contribution >= 0.6 is 0 Å². The number of nitrogens with zero attached hydrogens (tertiary/aromatic N) is 1. The summed E-state index contributed by atoms with van der Waals surface area (Å²) >= 11 is 0. The van der Waals surface area contributed by atoms with Crippen molar-refractivity contribution in [2.75, 3.05) is 0 Å². The van der Waals surface area contributed by atoms with Crippen molar-refractivity contribution in [3.63, 3.8) is 0 Å². The molecule has 27 heavy (non-hydrogen) atoms. The van der Waals surface area contributed by atoms with Crippen molar-refractivity contribution in [1.82, 2.24) is 4.57 Å². The van der Waals surface area contributed by atoms with Crippen LogP contribution in [0.1, 0.15) is 47.7 Å². The second-order valence-corrected chi connectivity index (χ2v) is 7.01. The fraction of sp³-hybridized carbons (Fsp3) is 0.261. The number of hydrogen-bond donors (Lipinski definition) is 1. The van der Waals surface area contributed by atoms with Gasteiger partial charge in [0.05, 0.1) is 30.1 Å². The first-order chi connectivity index (χ1) is 13.2. The lowest BCUT2D eigenvalue weighted by Gasteiger charge is -2.07. The molecule has 0 bridgehead atoms. The highest BCUT2D eigenvalue weighted by atomic mass is 16.3. The lowest BCUT2D eigenvalue weighted by atomic mass is 10.0. The Morgan fingerprint density at radius 2 is 2.07 bits per heavy atom. The predicted octanol–water partition coefficient (Wildman–Crippen LogP) is 5.07. The summed E-state index contributed by atoms with van der Waals surface area (Å²) in [6.07, 6.45) is 8.07. The van der Waals surface area contributed by atoms with E-state index in [1.54, 1.807) is 18.6 Å². The summed E-state index contributed by atoms with van der Waals surface area (Å²) < 4.78 is 7.47. The Morgan fingerprint density at radius 1 is 1.19 bits per heavy atom. The normalized spacial score (nSPS) is 11.4. The molecule has 0 aliphatic carbocycles. The van der Waals surface area contributed by atoms with Gasteiger partial charge in [0, 0.05) is 21.9 Å². The van der Waals surface area contributed by atoms with Crippen molar-refractivity contribution < 1.29 is 9.21 Å². The monoisotopic (exact) mass is 359 g/mol. The third kappa shape index (κ3) is 3.23. The fourth-order valence-corrected chi connectivity index (χ4v) is 3.76. The first-order valence-electron chi connectivity index (χ1n) is 9.45. The quantitative estimate of drug-likeness (QED) is 0.468. The molecule has 0 saturated heterocycles. The molecule has 0 unspecified atom stereocenters. The molecule has 0 fully saturated rings. The molecule has 0 aliphatic heterocycles. The van der Waals surface area contributed by atoms with Crippen molar-refractivity contribution in [3.8, 4) is 0 Å². The van der Waals surface area contributed by atoms with Crippen LogP contribution in [0.5, 0.6) is 0 Å². The molecule has 0 aliphatic rings. The van der Waals surface area contributed by atoms with Crippen LogP contribution in [0.2, 0.25) is 0 Å². The van der Waals surface area contributed by atoms with Gasteiger partial charge in [-0.1, -0.05) is 31.9 Å². The maximum Gasteiger partial charge on any atom is 0.249 e. The Balaban J connectivity index is 1.92. The predicted molar refractivity (Wildman–Crippen MR) is 108 cm³/mol. The van der Waals surface area contributed by atoms with E-state index in [9.17, 15) is 4.79 Å². The van der Waals surface area contributed by atoms with Gasteiger partial charge in [0.1, 0.15) is 0 Å². The second kappa shape index (κ2) is 7.31. The van der Waals surface area contributed by atoms with Gasteiger partial charge >= 0.3 is 0 Å². The third-order valence-corrected chi connectivity index (χ3v) is 5.11. The summed E-state index contributed by atoms with van der Waals surface area (Å²) in [5.41, 5.74) is 10.6. The summed E-state index contributed by atoms with van der Waals surface area (Å²) in [7, 11) is 0. The van der Waals surface area contributed by atoms with Crippen LogP contribution in [0, 0.1) is 6.07 Å². The zero-order valence-corrected chi connectivity index (χ0v) is 15.5. The number of hydrogen-bond acceptors (Lipinski definition) is 2. The fourth-order valence-electron chi connectivity index (χ4n) is 3.76. The summed E-state index contributed by atoms with van der Waals surface area (Å²) in [5, 5.41) is 1.82. The van der Waals surface area contributed by atoms with Crippen LogP contribution in [0.4, 0.5) is 0 Å². The van der Waals surface area contributed by atoms with E-state index in [0.717, 1.165) is 33.8 Å². The maximum absolute atomic E-state index is 12.0. The summed E-state index contributed by atoms with van der Waals surface area (Å²) in [5.74, 6) is -0.414. The smallest absolute Gasteiger partial charge is 0.249 e. The van der Waals surface area contributed by atoms with Gasteiger partial charge in [-0.05, 0) is 48.7 Å². The number of rotatable bonds is 7. The van der Waals surface area contributed by atoms with Crippen LogP contribution in [0.25, 0.3) is 21.8 Å². The number of furan rings is 1. The highest BCUT2D eigenvalue weighted by Gasteiger charge is 2.17. The Bertz CT molecular complexity index is 1090. The lowest BCUT2D eigenvalue weighted by Crippen LogP contribution is -2.11. The van der Waals surface area contributed by atoms with Gasteiger partial charge < -0.3 is 14.7 Å². The second-order valence-electron chi connectivity index (χ2n) is 7.01. The van der Waals surface area contributed by atoms with Gasteiger partial charge in [-0.15, -0.1) is 0 Å². The molecule has 0 spiro atoms. The van der Waals surface area contributed by atoms with Crippen LogP contribution in [0.3, 0.4) is 0 Å². The van der Waals surface area contributed by atoms with Gasteiger partial charge in [-0.2, -0.15) is 0 Å². The first kappa shape index (κ1) is 17.4. The van der Waals surface area contributed by atoms with E-state index >= 15 is 0 Å². The highest BCUT2D eigenvalue weighted by Crippen LogP contribution is 2.33.